The molecule has 0 amide bonds. The number of rotatable bonds is 0. The van der Waals surface area contributed by atoms with Crippen molar-refractivity contribution in [1.29, 1.82) is 0 Å². The first-order chi connectivity index (χ1) is 33.3. The van der Waals surface area contributed by atoms with E-state index in [0.29, 0.717) is 11.8 Å². The standard InChI is InChI=1S/C6H11N3.C6H12N2O.C6H12N2.2C5H8N2O.2C5H8N2.C4H7N3.4C2H6/c1-5-7-9(4)6(2)8(5)3;1-5-7(3)6(2)9-8(5)4;1-6-7(2)4-5-8(6)3;2*1-4-6-8-5(2)7(4)3;1-5-3-6-4-7(5)2;1-5-6-3-4-7(5)2;1-4-5-3-6-7(4)2;4*1-2/h2H2,1,3-4H3;6H,1H2,2-4H3;1,4-5H2,2-3H3;2*2H2,1,3H3;4H,1,3H2,2H3;3H,1,4H2,2H3;3H,1H2,2H3,(H,5,6);4*1-2H3. The average molecular weight is 999 g/mol. The van der Waals surface area contributed by atoms with Gasteiger partial charge in [0.05, 0.1) is 25.2 Å². The van der Waals surface area contributed by atoms with Crippen LogP contribution in [0.5, 0.6) is 0 Å². The summed E-state index contributed by atoms with van der Waals surface area (Å²) in [5, 5.41) is 16.6. The predicted molar refractivity (Wildman–Crippen MR) is 304 cm³/mol. The van der Waals surface area contributed by atoms with Crippen LogP contribution in [-0.4, -0.2) is 201 Å². The van der Waals surface area contributed by atoms with E-state index in [1.54, 1.807) is 37.6 Å². The maximum atomic E-state index is 5.25. The summed E-state index contributed by atoms with van der Waals surface area (Å²) >= 11 is 0. The number of hydrazine groups is 1. The molecule has 0 bridgehead atoms. The number of oxime groups is 2. The van der Waals surface area contributed by atoms with Crippen LogP contribution in [-0.2, 0) is 14.5 Å². The molecule has 0 aromatic carbocycles. The zero-order valence-corrected chi connectivity index (χ0v) is 48.6. The molecule has 21 nitrogen and oxygen atoms in total. The summed E-state index contributed by atoms with van der Waals surface area (Å²) in [5.41, 5.74) is 3.88. The Balaban J connectivity index is -0.000000354. The molecule has 0 aromatic rings. The van der Waals surface area contributed by atoms with E-state index in [-0.39, 0.29) is 6.23 Å². The minimum atomic E-state index is 0.127. The van der Waals surface area contributed by atoms with Crippen LogP contribution in [0.15, 0.2) is 130 Å². The van der Waals surface area contributed by atoms with E-state index in [9.17, 15) is 0 Å². The summed E-state index contributed by atoms with van der Waals surface area (Å²) in [5.74, 6) is 8.41. The van der Waals surface area contributed by atoms with Crippen molar-refractivity contribution in [1.82, 2.24) is 59.7 Å². The monoisotopic (exact) mass is 999 g/mol. The molecule has 0 spiro atoms. The van der Waals surface area contributed by atoms with Crippen LogP contribution in [0.3, 0.4) is 0 Å². The number of nitrogens with one attached hydrogen (secondary N) is 1. The third kappa shape index (κ3) is 26.6. The molecule has 8 heterocycles. The SMILES string of the molecule is C=C1CN=CN1C.C=C1N(C)CCN1C.C=C1N(C)N=C(C)N1C.C=C1N(C)OC(C)N1C.C=C1N=CCN1C.C=C1N=CNN1C.C=C1ON=C(C)N1C.C=C1ON=C(C)N1C.CC.CC.CC.CC. The summed E-state index contributed by atoms with van der Waals surface area (Å²) < 4.78 is 0. The molecule has 406 valence electrons. The first kappa shape index (κ1) is 70.7. The van der Waals surface area contributed by atoms with E-state index in [2.05, 4.69) is 112 Å². The van der Waals surface area contributed by atoms with Gasteiger partial charge in [0.25, 0.3) is 0 Å². The molecule has 1 atom stereocenters. The second-order valence-electron chi connectivity index (χ2n) is 14.6. The molecule has 0 saturated carbocycles. The van der Waals surface area contributed by atoms with Gasteiger partial charge in [-0.05, 0) is 40.9 Å². The minimum Gasteiger partial charge on any atom is -0.360 e. The highest BCUT2D eigenvalue weighted by Crippen LogP contribution is 2.19. The Bertz CT molecular complexity index is 1780. The Kier molecular flexibility index (Phi) is 38.7. The fourth-order valence-corrected chi connectivity index (χ4v) is 4.52. The van der Waals surface area contributed by atoms with Crippen molar-refractivity contribution in [3.05, 3.63) is 99.2 Å². The fourth-order valence-electron chi connectivity index (χ4n) is 4.52. The highest BCUT2D eigenvalue weighted by Gasteiger charge is 2.24. The molecule has 2 saturated heterocycles. The Morgan fingerprint density at radius 2 is 1.04 bits per heavy atom. The molecule has 2 fully saturated rings. The van der Waals surface area contributed by atoms with Crippen LogP contribution < -0.4 is 5.43 Å². The van der Waals surface area contributed by atoms with E-state index >= 15 is 0 Å². The van der Waals surface area contributed by atoms with E-state index < -0.39 is 0 Å². The second kappa shape index (κ2) is 38.9. The lowest BCUT2D eigenvalue weighted by Gasteiger charge is -2.14. The first-order valence-electron chi connectivity index (χ1n) is 23.8. The van der Waals surface area contributed by atoms with Gasteiger partial charge < -0.3 is 39.1 Å². The number of aliphatic imine (C=N–C) groups is 3. The van der Waals surface area contributed by atoms with Crippen LogP contribution in [0.4, 0.5) is 0 Å². The van der Waals surface area contributed by atoms with Crippen molar-refractivity contribution in [3.63, 3.8) is 0 Å². The van der Waals surface area contributed by atoms with E-state index in [0.717, 1.165) is 78.5 Å². The van der Waals surface area contributed by atoms with Crippen LogP contribution in [0.2, 0.25) is 0 Å². The summed E-state index contributed by atoms with van der Waals surface area (Å²) in [6, 6.07) is 0. The largest absolute Gasteiger partial charge is 0.360 e. The van der Waals surface area contributed by atoms with Gasteiger partial charge in [-0.3, -0.25) is 30.2 Å². The Hall–Kier alpha value is -6.90. The average Bonchev–Trinajstić information content (AvgIpc) is 4.28. The summed E-state index contributed by atoms with van der Waals surface area (Å²) in [7, 11) is 21.2. The highest BCUT2D eigenvalue weighted by atomic mass is 16.7. The van der Waals surface area contributed by atoms with Crippen molar-refractivity contribution in [2.45, 2.75) is 89.3 Å². The number of nitrogens with zero attached hydrogens (tertiary/aromatic N) is 17. The van der Waals surface area contributed by atoms with Gasteiger partial charge in [0.15, 0.2) is 6.23 Å². The molecule has 8 aliphatic rings. The number of hydrogen-bond acceptors (Lipinski definition) is 21. The van der Waals surface area contributed by atoms with Crippen molar-refractivity contribution in [3.8, 4) is 0 Å². The van der Waals surface area contributed by atoms with Crippen LogP contribution in [0.25, 0.3) is 0 Å². The quantitative estimate of drug-likeness (QED) is 0.249. The molecule has 0 aromatic heterocycles. The van der Waals surface area contributed by atoms with Gasteiger partial charge in [-0.25, -0.2) is 19.9 Å². The number of hydrogen-bond donors (Lipinski definition) is 1. The number of amidine groups is 3. The third-order valence-corrected chi connectivity index (χ3v) is 10.0. The van der Waals surface area contributed by atoms with Gasteiger partial charge in [0.1, 0.15) is 47.1 Å². The van der Waals surface area contributed by atoms with Crippen LogP contribution >= 0.6 is 0 Å². The fraction of sp³-hybridized carbons (Fsp3) is 0.560. The molecule has 21 heteroatoms. The topological polar surface area (TPSA) is 150 Å². The lowest BCUT2D eigenvalue weighted by Crippen LogP contribution is -2.24. The zero-order chi connectivity index (χ0) is 56.3. The Morgan fingerprint density at radius 3 is 1.14 bits per heavy atom. The number of likely N-dealkylation sites (N-methyl/N-ethyl adjacent to an activating group) is 3. The highest BCUT2D eigenvalue weighted by molar-refractivity contribution is 5.82. The normalized spacial score (nSPS) is 18.3. The van der Waals surface area contributed by atoms with Gasteiger partial charge in [0.2, 0.25) is 11.8 Å². The molecule has 0 aliphatic carbocycles. The second-order valence-corrected chi connectivity index (χ2v) is 14.6. The smallest absolute Gasteiger partial charge is 0.223 e. The van der Waals surface area contributed by atoms with E-state index in [1.165, 1.54) is 0 Å². The van der Waals surface area contributed by atoms with Crippen molar-refractivity contribution >= 4 is 36.4 Å². The maximum Gasteiger partial charge on any atom is 0.223 e. The van der Waals surface area contributed by atoms with Crippen molar-refractivity contribution in [2.75, 3.05) is 104 Å². The molecule has 8 aliphatic heterocycles. The van der Waals surface area contributed by atoms with Gasteiger partial charge in [0, 0.05) is 103 Å². The van der Waals surface area contributed by atoms with Gasteiger partial charge in [-0.2, -0.15) is 5.10 Å². The van der Waals surface area contributed by atoms with E-state index in [1.807, 2.05) is 172 Å². The molecule has 1 N–H and O–H groups in total. The minimum absolute atomic E-state index is 0.127. The van der Waals surface area contributed by atoms with Crippen LogP contribution in [0, 0.1) is 0 Å². The molecular formula is C50H98N18O3. The number of hydrazone groups is 1. The number of hydroxylamine groups is 2. The molecule has 1 unspecified atom stereocenters. The molecule has 71 heavy (non-hydrogen) atoms. The summed E-state index contributed by atoms with van der Waals surface area (Å²) in [6.45, 7) is 57.2. The Labute approximate surface area is 432 Å². The van der Waals surface area contributed by atoms with E-state index in [4.69, 9.17) is 14.5 Å². The van der Waals surface area contributed by atoms with Gasteiger partial charge in [-0.1, -0.05) is 105 Å². The lowest BCUT2D eigenvalue weighted by molar-refractivity contribution is -0.117. The third-order valence-electron chi connectivity index (χ3n) is 10.0. The van der Waals surface area contributed by atoms with Gasteiger partial charge >= 0.3 is 0 Å². The van der Waals surface area contributed by atoms with Crippen molar-refractivity contribution in [2.24, 2.45) is 30.4 Å². The molecule has 8 rings (SSSR count). The lowest BCUT2D eigenvalue weighted by atomic mass is 10.5. The van der Waals surface area contributed by atoms with Gasteiger partial charge in [-0.15, -0.1) is 0 Å². The summed E-state index contributed by atoms with van der Waals surface area (Å²) in [4.78, 5) is 42.0. The molecular weight excluding hydrogens is 901 g/mol. The zero-order valence-electron chi connectivity index (χ0n) is 48.6. The first-order valence-corrected chi connectivity index (χ1v) is 23.8. The maximum absolute atomic E-state index is 5.25. The predicted octanol–water partition coefficient (Wildman–Crippen LogP) is 8.11. The summed E-state index contributed by atoms with van der Waals surface area (Å²) in [6.07, 6.45) is 5.36. The van der Waals surface area contributed by atoms with Crippen molar-refractivity contribution < 1.29 is 14.5 Å². The van der Waals surface area contributed by atoms with Crippen LogP contribution in [0.1, 0.15) is 83.1 Å². The Morgan fingerprint density at radius 1 is 0.577 bits per heavy atom. The molecule has 0 radical (unpaired) electrons.